The molecule has 5 nitrogen and oxygen atoms in total. The van der Waals surface area contributed by atoms with Crippen LogP contribution in [-0.2, 0) is 20.7 Å². The third-order valence-corrected chi connectivity index (χ3v) is 6.84. The van der Waals surface area contributed by atoms with Crippen LogP contribution in [-0.4, -0.2) is 56.2 Å². The normalized spacial score (nSPS) is 12.2. The molecular formula is C32H55N2O3+. The van der Waals surface area contributed by atoms with E-state index in [1.165, 1.54) is 77.0 Å². The molecule has 1 N–H and O–H groups in total. The molecule has 1 aromatic rings. The fraction of sp³-hybridized carbons (Fsp3) is 0.688. The van der Waals surface area contributed by atoms with Crippen molar-refractivity contribution < 1.29 is 18.8 Å². The summed E-state index contributed by atoms with van der Waals surface area (Å²) in [5.41, 5.74) is 1.00. The summed E-state index contributed by atoms with van der Waals surface area (Å²) < 4.78 is 6.07. The van der Waals surface area contributed by atoms with Crippen LogP contribution in [0.2, 0.25) is 0 Å². The lowest BCUT2D eigenvalue weighted by molar-refractivity contribution is -0.876. The Bertz CT molecular complexity index is 733. The van der Waals surface area contributed by atoms with Gasteiger partial charge in [0.25, 0.3) is 5.91 Å². The summed E-state index contributed by atoms with van der Waals surface area (Å²) in [5.74, 6) is -0.498. The zero-order valence-corrected chi connectivity index (χ0v) is 24.1. The summed E-state index contributed by atoms with van der Waals surface area (Å²) in [5, 5.41) is 2.92. The largest absolute Gasteiger partial charge is 0.464 e. The fourth-order valence-electron chi connectivity index (χ4n) is 4.66. The highest BCUT2D eigenvalue weighted by Crippen LogP contribution is 2.13. The van der Waals surface area contributed by atoms with Crippen LogP contribution in [0.4, 0.5) is 0 Å². The number of carbonyl (C=O) groups excluding carboxylic acids is 2. The maximum atomic E-state index is 12.9. The topological polar surface area (TPSA) is 55.4 Å². The van der Waals surface area contributed by atoms with Crippen molar-refractivity contribution in [3.63, 3.8) is 0 Å². The number of quaternary nitrogens is 1. The number of rotatable bonds is 23. The number of benzene rings is 1. The van der Waals surface area contributed by atoms with Crippen molar-refractivity contribution in [3.8, 4) is 0 Å². The second-order valence-electron chi connectivity index (χ2n) is 11.1. The van der Waals surface area contributed by atoms with Crippen molar-refractivity contribution >= 4 is 11.9 Å². The average molecular weight is 516 g/mol. The average Bonchev–Trinajstić information content (AvgIpc) is 2.86. The molecule has 1 amide bonds. The van der Waals surface area contributed by atoms with Gasteiger partial charge in [0.05, 0.1) is 27.2 Å². The molecule has 1 aromatic carbocycles. The summed E-state index contributed by atoms with van der Waals surface area (Å²) in [4.78, 5) is 25.5. The summed E-state index contributed by atoms with van der Waals surface area (Å²) in [6.07, 6.45) is 20.4. The molecule has 0 spiro atoms. The maximum Gasteiger partial charge on any atom is 0.328 e. The number of ether oxygens (including phenoxy) is 1. The quantitative estimate of drug-likeness (QED) is 0.0739. The Labute approximate surface area is 227 Å². The molecule has 37 heavy (non-hydrogen) atoms. The van der Waals surface area contributed by atoms with Crippen molar-refractivity contribution in [2.75, 3.05) is 33.8 Å². The van der Waals surface area contributed by atoms with Gasteiger partial charge in [-0.1, -0.05) is 127 Å². The van der Waals surface area contributed by atoms with Crippen LogP contribution in [0.25, 0.3) is 0 Å². The standard InChI is InChI=1S/C32H54N2O3/c1-5-7-8-9-10-11-12-13-14-15-16-17-18-22-26-37-32(36)30(27-29-23-20-19-21-24-29)33-31(35)28-34(3,4)25-6-2/h6,19-21,23-24,30H,2,5,7-18,22,25-28H2,1,3-4H3/p+1. The molecule has 0 aliphatic heterocycles. The lowest BCUT2D eigenvalue weighted by Gasteiger charge is -2.28. The first-order valence-corrected chi connectivity index (χ1v) is 14.8. The summed E-state index contributed by atoms with van der Waals surface area (Å²) in [7, 11) is 3.95. The van der Waals surface area contributed by atoms with E-state index in [2.05, 4.69) is 18.8 Å². The smallest absolute Gasteiger partial charge is 0.328 e. The van der Waals surface area contributed by atoms with Crippen LogP contribution in [0.3, 0.4) is 0 Å². The number of hydrogen-bond donors (Lipinski definition) is 1. The number of esters is 1. The van der Waals surface area contributed by atoms with Crippen molar-refractivity contribution in [1.82, 2.24) is 5.32 Å². The highest BCUT2D eigenvalue weighted by molar-refractivity contribution is 5.85. The second kappa shape index (κ2) is 20.9. The lowest BCUT2D eigenvalue weighted by Crippen LogP contribution is -2.52. The van der Waals surface area contributed by atoms with Crippen LogP contribution >= 0.6 is 0 Å². The molecule has 0 aromatic heterocycles. The van der Waals surface area contributed by atoms with E-state index in [-0.39, 0.29) is 18.4 Å². The predicted octanol–water partition coefficient (Wildman–Crippen LogP) is 7.00. The molecule has 1 rings (SSSR count). The summed E-state index contributed by atoms with van der Waals surface area (Å²) in [6.45, 7) is 7.41. The molecule has 1 atom stereocenters. The van der Waals surface area contributed by atoms with Gasteiger partial charge in [0.2, 0.25) is 0 Å². The highest BCUT2D eigenvalue weighted by Gasteiger charge is 2.26. The number of nitrogens with one attached hydrogen (secondary N) is 1. The monoisotopic (exact) mass is 515 g/mol. The molecule has 5 heteroatoms. The molecule has 0 aliphatic carbocycles. The van der Waals surface area contributed by atoms with E-state index in [0.717, 1.165) is 18.4 Å². The molecule has 0 radical (unpaired) electrons. The Hall–Kier alpha value is -2.14. The first-order valence-electron chi connectivity index (χ1n) is 14.8. The van der Waals surface area contributed by atoms with E-state index >= 15 is 0 Å². The molecule has 0 saturated heterocycles. The van der Waals surface area contributed by atoms with Crippen LogP contribution in [0.5, 0.6) is 0 Å². The fourth-order valence-corrected chi connectivity index (χ4v) is 4.66. The predicted molar refractivity (Wildman–Crippen MR) is 155 cm³/mol. The van der Waals surface area contributed by atoms with Crippen molar-refractivity contribution in [3.05, 3.63) is 48.6 Å². The number of hydrogen-bond acceptors (Lipinski definition) is 3. The molecular weight excluding hydrogens is 460 g/mol. The van der Waals surface area contributed by atoms with Gasteiger partial charge in [0.15, 0.2) is 6.54 Å². The van der Waals surface area contributed by atoms with E-state index < -0.39 is 6.04 Å². The number of carbonyl (C=O) groups is 2. The van der Waals surface area contributed by atoms with E-state index in [1.807, 2.05) is 44.4 Å². The summed E-state index contributed by atoms with van der Waals surface area (Å²) in [6, 6.07) is 9.09. The van der Waals surface area contributed by atoms with Gasteiger partial charge in [-0.2, -0.15) is 0 Å². The van der Waals surface area contributed by atoms with Crippen LogP contribution in [0.15, 0.2) is 43.0 Å². The molecule has 0 heterocycles. The highest BCUT2D eigenvalue weighted by atomic mass is 16.5. The Balaban J connectivity index is 2.25. The SMILES string of the molecule is C=CC[N+](C)(C)CC(=O)NC(Cc1ccccc1)C(=O)OCCCCCCCCCCCCCCCC. The Morgan fingerprint density at radius 2 is 1.38 bits per heavy atom. The van der Waals surface area contributed by atoms with Gasteiger partial charge in [0, 0.05) is 6.42 Å². The third kappa shape index (κ3) is 17.9. The minimum atomic E-state index is -0.676. The third-order valence-electron chi connectivity index (χ3n) is 6.84. The van der Waals surface area contributed by atoms with Crippen molar-refractivity contribution in [2.45, 2.75) is 109 Å². The molecule has 0 saturated carbocycles. The zero-order chi connectivity index (χ0) is 27.2. The van der Waals surface area contributed by atoms with Crippen molar-refractivity contribution in [2.24, 2.45) is 0 Å². The molecule has 0 bridgehead atoms. The first kappa shape index (κ1) is 32.9. The van der Waals surface area contributed by atoms with Crippen LogP contribution in [0, 0.1) is 0 Å². The first-order chi connectivity index (χ1) is 17.9. The van der Waals surface area contributed by atoms with Crippen LogP contribution < -0.4 is 5.32 Å². The van der Waals surface area contributed by atoms with Gasteiger partial charge in [0.1, 0.15) is 6.04 Å². The Kier molecular flexibility index (Phi) is 18.5. The number of likely N-dealkylation sites (N-methyl/N-ethyl adjacent to an activating group) is 1. The van der Waals surface area contributed by atoms with Gasteiger partial charge in [-0.3, -0.25) is 4.79 Å². The molecule has 0 fully saturated rings. The van der Waals surface area contributed by atoms with E-state index in [4.69, 9.17) is 4.74 Å². The van der Waals surface area contributed by atoms with Gasteiger partial charge in [-0.25, -0.2) is 4.79 Å². The van der Waals surface area contributed by atoms with Crippen LogP contribution in [0.1, 0.15) is 102 Å². The lowest BCUT2D eigenvalue weighted by atomic mass is 10.0. The maximum absolute atomic E-state index is 12.9. The molecule has 0 aliphatic rings. The molecule has 210 valence electrons. The van der Waals surface area contributed by atoms with Crippen molar-refractivity contribution in [1.29, 1.82) is 0 Å². The minimum absolute atomic E-state index is 0.152. The van der Waals surface area contributed by atoms with E-state index in [0.29, 0.717) is 24.1 Å². The van der Waals surface area contributed by atoms with Gasteiger partial charge < -0.3 is 14.5 Å². The van der Waals surface area contributed by atoms with Gasteiger partial charge >= 0.3 is 5.97 Å². The Morgan fingerprint density at radius 1 is 0.865 bits per heavy atom. The second-order valence-corrected chi connectivity index (χ2v) is 11.1. The van der Waals surface area contributed by atoms with Gasteiger partial charge in [-0.05, 0) is 18.1 Å². The van der Waals surface area contributed by atoms with E-state index in [1.54, 1.807) is 6.08 Å². The number of unbranched alkanes of at least 4 members (excludes halogenated alkanes) is 13. The molecule has 1 unspecified atom stereocenters. The zero-order valence-electron chi connectivity index (χ0n) is 24.1. The summed E-state index contributed by atoms with van der Waals surface area (Å²) >= 11 is 0. The minimum Gasteiger partial charge on any atom is -0.464 e. The Morgan fingerprint density at radius 3 is 1.89 bits per heavy atom. The van der Waals surface area contributed by atoms with Gasteiger partial charge in [-0.15, -0.1) is 0 Å². The van der Waals surface area contributed by atoms with E-state index in [9.17, 15) is 9.59 Å². The number of amides is 1. The number of nitrogens with zero attached hydrogens (tertiary/aromatic N) is 1.